The number of rotatable bonds is 8. The van der Waals surface area contributed by atoms with Crippen LogP contribution in [0.5, 0.6) is 5.75 Å². The summed E-state index contributed by atoms with van der Waals surface area (Å²) in [6.07, 6.45) is 1.54. The highest BCUT2D eigenvalue weighted by Gasteiger charge is 2.11. The number of aromatic amines is 1. The number of aryl methyl sites for hydroxylation is 2. The third-order valence-electron chi connectivity index (χ3n) is 5.52. The molecule has 34 heavy (non-hydrogen) atoms. The van der Waals surface area contributed by atoms with Gasteiger partial charge in [-0.15, -0.1) is 0 Å². The first-order valence-corrected chi connectivity index (χ1v) is 11.2. The predicted octanol–water partition coefficient (Wildman–Crippen LogP) is 5.20. The van der Waals surface area contributed by atoms with E-state index in [1.807, 2.05) is 68.4 Å². The Morgan fingerprint density at radius 2 is 1.74 bits per heavy atom. The molecule has 0 spiro atoms. The summed E-state index contributed by atoms with van der Waals surface area (Å²) in [5.41, 5.74) is 4.81. The van der Waals surface area contributed by atoms with Gasteiger partial charge < -0.3 is 20.4 Å². The number of ether oxygens (including phenoxy) is 1. The van der Waals surface area contributed by atoms with Crippen molar-refractivity contribution in [1.29, 1.82) is 0 Å². The van der Waals surface area contributed by atoms with Gasteiger partial charge in [0.25, 0.3) is 5.91 Å². The third-order valence-corrected chi connectivity index (χ3v) is 5.52. The van der Waals surface area contributed by atoms with E-state index >= 15 is 0 Å². The Bertz CT molecular complexity index is 1310. The predicted molar refractivity (Wildman–Crippen MR) is 134 cm³/mol. The summed E-state index contributed by atoms with van der Waals surface area (Å²) in [6.45, 7) is 3.74. The number of carbonyl (C=O) groups is 2. The molecule has 4 rings (SSSR count). The van der Waals surface area contributed by atoms with Crippen LogP contribution in [-0.4, -0.2) is 28.9 Å². The molecule has 0 radical (unpaired) electrons. The summed E-state index contributed by atoms with van der Waals surface area (Å²) < 4.78 is 5.21. The lowest BCUT2D eigenvalue weighted by Gasteiger charge is -2.08. The number of amides is 2. The Morgan fingerprint density at radius 3 is 2.47 bits per heavy atom. The van der Waals surface area contributed by atoms with Crippen molar-refractivity contribution >= 4 is 34.2 Å². The average Bonchev–Trinajstić information content (AvgIpc) is 3.26. The van der Waals surface area contributed by atoms with E-state index in [1.54, 1.807) is 19.2 Å². The van der Waals surface area contributed by atoms with E-state index in [4.69, 9.17) is 4.74 Å². The van der Waals surface area contributed by atoms with E-state index in [1.165, 1.54) is 0 Å². The van der Waals surface area contributed by atoms with Crippen LogP contribution in [0, 0.1) is 5.92 Å². The van der Waals surface area contributed by atoms with Crippen LogP contribution in [0.15, 0.2) is 66.7 Å². The van der Waals surface area contributed by atoms with Crippen molar-refractivity contribution < 1.29 is 14.3 Å². The van der Waals surface area contributed by atoms with Crippen molar-refractivity contribution in [2.75, 3.05) is 17.7 Å². The van der Waals surface area contributed by atoms with Gasteiger partial charge >= 0.3 is 0 Å². The molecule has 0 saturated carbocycles. The minimum absolute atomic E-state index is 0.00608. The molecule has 4 aromatic rings. The molecule has 0 atom stereocenters. The lowest BCUT2D eigenvalue weighted by molar-refractivity contribution is -0.118. The van der Waals surface area contributed by atoms with Gasteiger partial charge in [-0.3, -0.25) is 9.59 Å². The molecule has 0 saturated heterocycles. The number of benzene rings is 3. The number of imidazole rings is 1. The zero-order valence-corrected chi connectivity index (χ0v) is 19.5. The summed E-state index contributed by atoms with van der Waals surface area (Å²) in [5, 5.41) is 5.79. The minimum atomic E-state index is -0.198. The number of fused-ring (bicyclic) bond motifs is 1. The van der Waals surface area contributed by atoms with Crippen molar-refractivity contribution in [3.63, 3.8) is 0 Å². The zero-order chi connectivity index (χ0) is 24.1. The van der Waals surface area contributed by atoms with Crippen LogP contribution >= 0.6 is 0 Å². The molecule has 0 aliphatic carbocycles. The van der Waals surface area contributed by atoms with Crippen LogP contribution < -0.4 is 15.4 Å². The Labute approximate surface area is 198 Å². The molecule has 0 aliphatic rings. The monoisotopic (exact) mass is 456 g/mol. The Hall–Kier alpha value is -4.13. The van der Waals surface area contributed by atoms with Gasteiger partial charge in [-0.2, -0.15) is 0 Å². The van der Waals surface area contributed by atoms with Crippen molar-refractivity contribution in [2.45, 2.75) is 26.7 Å². The van der Waals surface area contributed by atoms with Crippen LogP contribution in [-0.2, 0) is 17.6 Å². The number of aromatic nitrogens is 2. The maximum Gasteiger partial charge on any atom is 0.255 e. The number of hydrogen-bond donors (Lipinski definition) is 3. The van der Waals surface area contributed by atoms with E-state index in [2.05, 4.69) is 20.6 Å². The first kappa shape index (κ1) is 23.0. The molecule has 0 unspecified atom stereocenters. The average molecular weight is 457 g/mol. The summed E-state index contributed by atoms with van der Waals surface area (Å²) in [5.74, 6) is 1.29. The first-order chi connectivity index (χ1) is 16.4. The molecule has 3 N–H and O–H groups in total. The van der Waals surface area contributed by atoms with Gasteiger partial charge in [-0.1, -0.05) is 32.0 Å². The second-order valence-electron chi connectivity index (χ2n) is 8.44. The summed E-state index contributed by atoms with van der Waals surface area (Å²) in [7, 11) is 1.59. The first-order valence-electron chi connectivity index (χ1n) is 11.2. The number of methoxy groups -OCH3 is 1. The molecule has 0 fully saturated rings. The second kappa shape index (κ2) is 10.2. The van der Waals surface area contributed by atoms with Gasteiger partial charge in [0.05, 0.1) is 18.1 Å². The van der Waals surface area contributed by atoms with Crippen LogP contribution in [0.4, 0.5) is 11.4 Å². The molecule has 1 heterocycles. The fraction of sp³-hybridized carbons (Fsp3) is 0.222. The number of nitrogens with zero attached hydrogens (tertiary/aromatic N) is 1. The summed E-state index contributed by atoms with van der Waals surface area (Å²) >= 11 is 0. The van der Waals surface area contributed by atoms with E-state index in [0.29, 0.717) is 17.0 Å². The zero-order valence-electron chi connectivity index (χ0n) is 19.5. The molecule has 7 heteroatoms. The molecule has 1 aromatic heterocycles. The van der Waals surface area contributed by atoms with Crippen molar-refractivity contribution in [2.24, 2.45) is 5.92 Å². The number of anilines is 2. The fourth-order valence-corrected chi connectivity index (χ4v) is 3.53. The van der Waals surface area contributed by atoms with Gasteiger partial charge in [0.2, 0.25) is 5.91 Å². The highest BCUT2D eigenvalue weighted by Crippen LogP contribution is 2.20. The summed E-state index contributed by atoms with van der Waals surface area (Å²) in [6, 6.07) is 20.5. The molecular weight excluding hydrogens is 428 g/mol. The Morgan fingerprint density at radius 1 is 0.941 bits per heavy atom. The molecule has 0 aliphatic heterocycles. The lowest BCUT2D eigenvalue weighted by atomic mass is 10.1. The van der Waals surface area contributed by atoms with E-state index in [-0.39, 0.29) is 17.7 Å². The molecule has 7 nitrogen and oxygen atoms in total. The molecule has 3 aromatic carbocycles. The van der Waals surface area contributed by atoms with Crippen molar-refractivity contribution in [1.82, 2.24) is 9.97 Å². The smallest absolute Gasteiger partial charge is 0.255 e. The SMILES string of the molecule is COc1cccc(NC(=O)c2ccc3nc(CCc4ccc(NC(=O)C(C)C)cc4)[nH]c3c2)c1. The standard InChI is InChI=1S/C27H28N4O3/c1-17(2)26(32)28-20-11-7-18(8-12-20)9-14-25-30-23-13-10-19(15-24(23)31-25)27(33)29-21-5-4-6-22(16-21)34-3/h4-8,10-13,15-17H,9,14H2,1-3H3,(H,28,32)(H,29,33)(H,30,31). The van der Waals surface area contributed by atoms with Crippen molar-refractivity contribution in [3.8, 4) is 5.75 Å². The maximum absolute atomic E-state index is 12.7. The van der Waals surface area contributed by atoms with E-state index in [9.17, 15) is 9.59 Å². The second-order valence-corrected chi connectivity index (χ2v) is 8.44. The van der Waals surface area contributed by atoms with E-state index in [0.717, 1.165) is 41.0 Å². The molecular formula is C27H28N4O3. The normalized spacial score (nSPS) is 10.9. The third kappa shape index (κ3) is 5.61. The largest absolute Gasteiger partial charge is 0.497 e. The van der Waals surface area contributed by atoms with Gasteiger partial charge in [0.15, 0.2) is 0 Å². The number of hydrogen-bond acceptors (Lipinski definition) is 4. The number of H-pyrrole nitrogens is 1. The maximum atomic E-state index is 12.7. The van der Waals surface area contributed by atoms with Crippen LogP contribution in [0.25, 0.3) is 11.0 Å². The van der Waals surface area contributed by atoms with E-state index < -0.39 is 0 Å². The van der Waals surface area contributed by atoms with Gasteiger partial charge in [0.1, 0.15) is 11.6 Å². The summed E-state index contributed by atoms with van der Waals surface area (Å²) in [4.78, 5) is 32.5. The van der Waals surface area contributed by atoms with Gasteiger partial charge in [-0.05, 0) is 54.4 Å². The van der Waals surface area contributed by atoms with Crippen LogP contribution in [0.2, 0.25) is 0 Å². The van der Waals surface area contributed by atoms with Crippen molar-refractivity contribution in [3.05, 3.63) is 83.7 Å². The number of carbonyl (C=O) groups excluding carboxylic acids is 2. The number of nitrogens with one attached hydrogen (secondary N) is 3. The molecule has 174 valence electrons. The van der Waals surface area contributed by atoms with Gasteiger partial charge in [0, 0.05) is 35.3 Å². The highest BCUT2D eigenvalue weighted by atomic mass is 16.5. The topological polar surface area (TPSA) is 96.1 Å². The fourth-order valence-electron chi connectivity index (χ4n) is 3.53. The lowest BCUT2D eigenvalue weighted by Crippen LogP contribution is -2.17. The molecule has 0 bridgehead atoms. The molecule has 2 amide bonds. The van der Waals surface area contributed by atoms with Crippen LogP contribution in [0.3, 0.4) is 0 Å². The quantitative estimate of drug-likeness (QED) is 0.339. The van der Waals surface area contributed by atoms with Crippen LogP contribution in [0.1, 0.15) is 35.6 Å². The Kier molecular flexibility index (Phi) is 6.92. The minimum Gasteiger partial charge on any atom is -0.497 e. The van der Waals surface area contributed by atoms with Gasteiger partial charge in [-0.25, -0.2) is 4.98 Å². The Balaban J connectivity index is 1.39. The highest BCUT2D eigenvalue weighted by molar-refractivity contribution is 6.06.